The highest BCUT2D eigenvalue weighted by molar-refractivity contribution is 6.32. The number of aliphatic hydroxyl groups excluding tert-OH is 1. The molecule has 0 bridgehead atoms. The van der Waals surface area contributed by atoms with Crippen molar-refractivity contribution in [3.8, 4) is 5.75 Å². The van der Waals surface area contributed by atoms with Crippen LogP contribution in [0.5, 0.6) is 5.75 Å². The molecular formula is C28H30ClN9O3. The molecular weight excluding hydrogens is 546 g/mol. The Morgan fingerprint density at radius 2 is 1.78 bits per heavy atom. The molecule has 4 aromatic rings. The molecule has 41 heavy (non-hydrogen) atoms. The van der Waals surface area contributed by atoms with E-state index in [1.54, 1.807) is 61.1 Å². The van der Waals surface area contributed by atoms with E-state index in [-0.39, 0.29) is 37.2 Å². The predicted octanol–water partition coefficient (Wildman–Crippen LogP) is 3.13. The van der Waals surface area contributed by atoms with Crippen molar-refractivity contribution in [2.75, 3.05) is 30.5 Å². The third kappa shape index (κ3) is 6.84. The maximum absolute atomic E-state index is 14.1. The van der Waals surface area contributed by atoms with E-state index in [2.05, 4.69) is 30.2 Å². The Bertz CT molecular complexity index is 1420. The zero-order valence-electron chi connectivity index (χ0n) is 22.5. The number of benzene rings is 1. The van der Waals surface area contributed by atoms with Gasteiger partial charge in [-0.05, 0) is 42.7 Å². The predicted molar refractivity (Wildman–Crippen MR) is 152 cm³/mol. The molecule has 1 amide bonds. The summed E-state index contributed by atoms with van der Waals surface area (Å²) in [7, 11) is 1.56. The fourth-order valence-corrected chi connectivity index (χ4v) is 4.91. The van der Waals surface area contributed by atoms with Crippen LogP contribution in [-0.4, -0.2) is 72.1 Å². The lowest BCUT2D eigenvalue weighted by molar-refractivity contribution is 0.0721. The van der Waals surface area contributed by atoms with Crippen LogP contribution in [0.4, 0.5) is 11.8 Å². The van der Waals surface area contributed by atoms with Crippen LogP contribution >= 0.6 is 11.6 Å². The van der Waals surface area contributed by atoms with E-state index in [0.717, 1.165) is 24.9 Å². The number of methoxy groups -OCH3 is 1. The summed E-state index contributed by atoms with van der Waals surface area (Å²) in [6.45, 7) is 1.32. The van der Waals surface area contributed by atoms with Gasteiger partial charge in [0.15, 0.2) is 0 Å². The molecule has 2 N–H and O–H groups in total. The third-order valence-corrected chi connectivity index (χ3v) is 7.01. The molecule has 0 radical (unpaired) electrons. The first-order valence-corrected chi connectivity index (χ1v) is 13.6. The largest absolute Gasteiger partial charge is 0.495 e. The minimum atomic E-state index is -0.341. The summed E-state index contributed by atoms with van der Waals surface area (Å²) in [6.07, 6.45) is 9.79. The lowest BCUT2D eigenvalue weighted by atomic mass is 10.2. The van der Waals surface area contributed by atoms with Crippen molar-refractivity contribution in [1.29, 1.82) is 0 Å². The first-order valence-electron chi connectivity index (χ1n) is 13.2. The van der Waals surface area contributed by atoms with E-state index in [4.69, 9.17) is 21.3 Å². The molecule has 1 aromatic carbocycles. The van der Waals surface area contributed by atoms with Crippen LogP contribution in [0.25, 0.3) is 0 Å². The van der Waals surface area contributed by atoms with Crippen LogP contribution in [-0.2, 0) is 19.6 Å². The number of aliphatic hydroxyl groups is 1. The van der Waals surface area contributed by atoms with Crippen LogP contribution in [0.15, 0.2) is 61.3 Å². The van der Waals surface area contributed by atoms with E-state index in [1.807, 2.05) is 11.0 Å². The maximum atomic E-state index is 14.1. The molecule has 0 saturated carbocycles. The SMILES string of the molecule is COc1ccc(CNc2nc(N3CCC[C@H]3CO)ncc2C(=O)N(Cc2ncccn2)Cc2ncccn2)cc1Cl. The Kier molecular flexibility index (Phi) is 9.12. The molecule has 1 aliphatic heterocycles. The quantitative estimate of drug-likeness (QED) is 0.272. The smallest absolute Gasteiger partial charge is 0.260 e. The number of amides is 1. The van der Waals surface area contributed by atoms with Crippen LogP contribution in [0.1, 0.15) is 40.4 Å². The van der Waals surface area contributed by atoms with Crippen molar-refractivity contribution in [3.05, 3.63) is 89.1 Å². The number of rotatable bonds is 11. The van der Waals surface area contributed by atoms with Crippen LogP contribution in [0.3, 0.4) is 0 Å². The van der Waals surface area contributed by atoms with Gasteiger partial charge in [-0.15, -0.1) is 0 Å². The standard InChI is InChI=1S/C28H30ClN9O3/c1-41-23-7-6-19(13-22(23)29)14-34-26-21(15-35-28(36-26)38-12-2-5-20(38)18-39)27(40)37(16-24-30-8-3-9-31-24)17-25-32-10-4-11-33-25/h3-4,6-11,13,15,20,39H,2,5,12,14,16-18H2,1H3,(H,34,35,36)/t20-/m0/s1. The molecule has 1 saturated heterocycles. The molecule has 1 atom stereocenters. The van der Waals surface area contributed by atoms with E-state index in [1.165, 1.54) is 6.20 Å². The average molecular weight is 576 g/mol. The minimum Gasteiger partial charge on any atom is -0.495 e. The summed E-state index contributed by atoms with van der Waals surface area (Å²) in [5.41, 5.74) is 1.14. The van der Waals surface area contributed by atoms with Gasteiger partial charge in [0, 0.05) is 44.1 Å². The summed E-state index contributed by atoms with van der Waals surface area (Å²) in [4.78, 5) is 44.1. The van der Waals surface area contributed by atoms with E-state index < -0.39 is 0 Å². The topological polar surface area (TPSA) is 142 Å². The molecule has 4 heterocycles. The first-order chi connectivity index (χ1) is 20.1. The molecule has 0 unspecified atom stereocenters. The summed E-state index contributed by atoms with van der Waals surface area (Å²) in [5, 5.41) is 13.6. The number of hydrogen-bond donors (Lipinski definition) is 2. The molecule has 13 heteroatoms. The fraction of sp³-hybridized carbons (Fsp3) is 0.321. The second kappa shape index (κ2) is 13.3. The van der Waals surface area contributed by atoms with Gasteiger partial charge >= 0.3 is 0 Å². The third-order valence-electron chi connectivity index (χ3n) is 6.72. The molecule has 3 aromatic heterocycles. The molecule has 1 fully saturated rings. The lowest BCUT2D eigenvalue weighted by Gasteiger charge is -2.25. The number of nitrogens with zero attached hydrogens (tertiary/aromatic N) is 8. The molecule has 212 valence electrons. The Labute approximate surface area is 242 Å². The van der Waals surface area contributed by atoms with Crippen molar-refractivity contribution in [1.82, 2.24) is 34.8 Å². The highest BCUT2D eigenvalue weighted by Crippen LogP contribution is 2.28. The van der Waals surface area contributed by atoms with Gasteiger partial charge in [-0.25, -0.2) is 24.9 Å². The van der Waals surface area contributed by atoms with Crippen molar-refractivity contribution >= 4 is 29.3 Å². The van der Waals surface area contributed by atoms with Gasteiger partial charge in [0.1, 0.15) is 28.8 Å². The second-order valence-electron chi connectivity index (χ2n) is 9.42. The van der Waals surface area contributed by atoms with Crippen molar-refractivity contribution in [2.45, 2.75) is 38.5 Å². The Morgan fingerprint density at radius 3 is 2.39 bits per heavy atom. The van der Waals surface area contributed by atoms with Gasteiger partial charge in [0.25, 0.3) is 5.91 Å². The molecule has 1 aliphatic rings. The zero-order chi connectivity index (χ0) is 28.6. The van der Waals surface area contributed by atoms with Crippen LogP contribution in [0, 0.1) is 0 Å². The molecule has 0 aliphatic carbocycles. The Balaban J connectivity index is 1.48. The lowest BCUT2D eigenvalue weighted by Crippen LogP contribution is -2.35. The summed E-state index contributed by atoms with van der Waals surface area (Å²) in [5.74, 6) is 1.97. The summed E-state index contributed by atoms with van der Waals surface area (Å²) in [6, 6.07) is 8.82. The minimum absolute atomic E-state index is 0.000912. The molecule has 5 rings (SSSR count). The number of aromatic nitrogens is 6. The average Bonchev–Trinajstić information content (AvgIpc) is 3.49. The maximum Gasteiger partial charge on any atom is 0.260 e. The number of carbonyl (C=O) groups excluding carboxylic acids is 1. The first kappa shape index (κ1) is 28.1. The van der Waals surface area contributed by atoms with Gasteiger partial charge in [0.2, 0.25) is 5.95 Å². The van der Waals surface area contributed by atoms with Gasteiger partial charge in [0.05, 0.1) is 37.9 Å². The van der Waals surface area contributed by atoms with Gasteiger partial charge in [-0.1, -0.05) is 17.7 Å². The number of anilines is 2. The van der Waals surface area contributed by atoms with Crippen molar-refractivity contribution in [2.24, 2.45) is 0 Å². The summed E-state index contributed by atoms with van der Waals surface area (Å²) >= 11 is 6.34. The molecule has 12 nitrogen and oxygen atoms in total. The van der Waals surface area contributed by atoms with Gasteiger partial charge < -0.3 is 25.0 Å². The summed E-state index contributed by atoms with van der Waals surface area (Å²) < 4.78 is 5.26. The molecule has 0 spiro atoms. The second-order valence-corrected chi connectivity index (χ2v) is 9.83. The van der Waals surface area contributed by atoms with E-state index >= 15 is 0 Å². The van der Waals surface area contributed by atoms with Crippen molar-refractivity contribution in [3.63, 3.8) is 0 Å². The number of ether oxygens (including phenoxy) is 1. The zero-order valence-corrected chi connectivity index (χ0v) is 23.3. The van der Waals surface area contributed by atoms with E-state index in [9.17, 15) is 9.90 Å². The van der Waals surface area contributed by atoms with Crippen LogP contribution in [0.2, 0.25) is 5.02 Å². The fourth-order valence-electron chi connectivity index (χ4n) is 4.63. The van der Waals surface area contributed by atoms with E-state index in [0.29, 0.717) is 40.7 Å². The Hall–Kier alpha value is -4.42. The number of carbonyl (C=O) groups is 1. The van der Waals surface area contributed by atoms with Gasteiger partial charge in [-0.2, -0.15) is 4.98 Å². The van der Waals surface area contributed by atoms with Gasteiger partial charge in [-0.3, -0.25) is 4.79 Å². The highest BCUT2D eigenvalue weighted by atomic mass is 35.5. The normalized spacial score (nSPS) is 14.6. The highest BCUT2D eigenvalue weighted by Gasteiger charge is 2.29. The van der Waals surface area contributed by atoms with Crippen molar-refractivity contribution < 1.29 is 14.6 Å². The van der Waals surface area contributed by atoms with Crippen LogP contribution < -0.4 is 15.0 Å². The monoisotopic (exact) mass is 575 g/mol. The number of halogens is 1. The number of hydrogen-bond acceptors (Lipinski definition) is 11. The Morgan fingerprint density at radius 1 is 1.10 bits per heavy atom. The number of nitrogens with one attached hydrogen (secondary N) is 1.